The molecule has 0 amide bonds. The molecule has 4 heteroatoms. The number of halogens is 1. The van der Waals surface area contributed by atoms with Crippen LogP contribution in [0.15, 0.2) is 30.3 Å². The molecule has 88 valence electrons. The van der Waals surface area contributed by atoms with E-state index in [2.05, 4.69) is 10.3 Å². The van der Waals surface area contributed by atoms with Gasteiger partial charge in [0, 0.05) is 10.7 Å². The van der Waals surface area contributed by atoms with E-state index in [0.29, 0.717) is 5.69 Å². The van der Waals surface area contributed by atoms with E-state index >= 15 is 0 Å². The topological polar surface area (TPSA) is 50.9 Å². The molecule has 17 heavy (non-hydrogen) atoms. The van der Waals surface area contributed by atoms with E-state index < -0.39 is 0 Å². The summed E-state index contributed by atoms with van der Waals surface area (Å²) in [5, 5.41) is 3.97. The van der Waals surface area contributed by atoms with Crippen molar-refractivity contribution in [3.05, 3.63) is 46.6 Å². The van der Waals surface area contributed by atoms with Crippen molar-refractivity contribution in [2.75, 3.05) is 11.1 Å². The lowest BCUT2D eigenvalue weighted by Gasteiger charge is -2.10. The summed E-state index contributed by atoms with van der Waals surface area (Å²) in [6.07, 6.45) is 0. The van der Waals surface area contributed by atoms with Crippen LogP contribution in [0.4, 0.5) is 17.2 Å². The van der Waals surface area contributed by atoms with Gasteiger partial charge in [0.1, 0.15) is 5.82 Å². The molecule has 0 saturated carbocycles. The largest absolute Gasteiger partial charge is 0.397 e. The first-order valence-corrected chi connectivity index (χ1v) is 5.71. The predicted molar refractivity (Wildman–Crippen MR) is 72.9 cm³/mol. The Morgan fingerprint density at radius 1 is 1.18 bits per heavy atom. The van der Waals surface area contributed by atoms with Crippen LogP contribution in [-0.4, -0.2) is 4.98 Å². The first-order chi connectivity index (χ1) is 8.08. The first-order valence-electron chi connectivity index (χ1n) is 5.33. The number of aromatic nitrogens is 1. The standard InChI is InChI=1S/C13H14ClN3/c1-8-10(14)4-3-5-12(8)17-13-7-6-11(15)9(2)16-13/h3-7H,15H2,1-2H3,(H,16,17). The van der Waals surface area contributed by atoms with Crippen molar-refractivity contribution in [3.63, 3.8) is 0 Å². The predicted octanol–water partition coefficient (Wildman–Crippen LogP) is 3.68. The van der Waals surface area contributed by atoms with Gasteiger partial charge in [0.05, 0.1) is 11.4 Å². The minimum Gasteiger partial charge on any atom is -0.397 e. The van der Waals surface area contributed by atoms with Gasteiger partial charge in [0.2, 0.25) is 0 Å². The lowest BCUT2D eigenvalue weighted by Crippen LogP contribution is -1.99. The lowest BCUT2D eigenvalue weighted by molar-refractivity contribution is 1.20. The molecule has 2 aromatic rings. The van der Waals surface area contributed by atoms with Crippen LogP contribution in [-0.2, 0) is 0 Å². The molecule has 0 unspecified atom stereocenters. The van der Waals surface area contributed by atoms with Gasteiger partial charge < -0.3 is 11.1 Å². The van der Waals surface area contributed by atoms with Crippen molar-refractivity contribution in [3.8, 4) is 0 Å². The molecule has 0 saturated heterocycles. The first kappa shape index (κ1) is 11.7. The molecule has 0 bridgehead atoms. The summed E-state index contributed by atoms with van der Waals surface area (Å²) >= 11 is 6.06. The summed E-state index contributed by atoms with van der Waals surface area (Å²) in [6.45, 7) is 3.85. The second kappa shape index (κ2) is 4.63. The SMILES string of the molecule is Cc1nc(Nc2cccc(Cl)c2C)ccc1N. The second-order valence-corrected chi connectivity index (χ2v) is 4.32. The van der Waals surface area contributed by atoms with E-state index in [1.165, 1.54) is 0 Å². The van der Waals surface area contributed by atoms with Crippen LogP contribution in [0.25, 0.3) is 0 Å². The second-order valence-electron chi connectivity index (χ2n) is 3.91. The van der Waals surface area contributed by atoms with Crippen LogP contribution in [0.1, 0.15) is 11.3 Å². The van der Waals surface area contributed by atoms with Crippen LogP contribution < -0.4 is 11.1 Å². The number of rotatable bonds is 2. The van der Waals surface area contributed by atoms with Crippen molar-refractivity contribution in [2.45, 2.75) is 13.8 Å². The minimum atomic E-state index is 0.693. The highest BCUT2D eigenvalue weighted by atomic mass is 35.5. The number of hydrogen-bond donors (Lipinski definition) is 2. The number of anilines is 3. The van der Waals surface area contributed by atoms with Gasteiger partial charge >= 0.3 is 0 Å². The molecule has 0 spiro atoms. The molecular formula is C13H14ClN3. The lowest BCUT2D eigenvalue weighted by atomic mass is 10.2. The Morgan fingerprint density at radius 3 is 2.65 bits per heavy atom. The number of benzene rings is 1. The third kappa shape index (κ3) is 2.50. The Bertz CT molecular complexity index is 552. The van der Waals surface area contributed by atoms with E-state index in [1.54, 1.807) is 0 Å². The van der Waals surface area contributed by atoms with Crippen molar-refractivity contribution in [2.24, 2.45) is 0 Å². The van der Waals surface area contributed by atoms with Crippen molar-refractivity contribution in [1.29, 1.82) is 0 Å². The average Bonchev–Trinajstić information content (AvgIpc) is 2.30. The zero-order chi connectivity index (χ0) is 12.4. The molecule has 0 fully saturated rings. The molecule has 0 atom stereocenters. The fraction of sp³-hybridized carbons (Fsp3) is 0.154. The summed E-state index contributed by atoms with van der Waals surface area (Å²) in [6, 6.07) is 9.42. The molecule has 2 rings (SSSR count). The van der Waals surface area contributed by atoms with Crippen molar-refractivity contribution < 1.29 is 0 Å². The molecule has 3 N–H and O–H groups in total. The maximum absolute atomic E-state index is 6.06. The minimum absolute atomic E-state index is 0.693. The number of nitrogens with two attached hydrogens (primary N) is 1. The molecule has 0 aliphatic carbocycles. The molecule has 1 heterocycles. The zero-order valence-corrected chi connectivity index (χ0v) is 10.5. The van der Waals surface area contributed by atoms with Crippen LogP contribution in [0.2, 0.25) is 5.02 Å². The molecule has 3 nitrogen and oxygen atoms in total. The van der Waals surface area contributed by atoms with E-state index in [-0.39, 0.29) is 0 Å². The van der Waals surface area contributed by atoms with Gasteiger partial charge in [-0.1, -0.05) is 17.7 Å². The van der Waals surface area contributed by atoms with Crippen LogP contribution in [0, 0.1) is 13.8 Å². The van der Waals surface area contributed by atoms with Gasteiger partial charge in [-0.05, 0) is 43.7 Å². The quantitative estimate of drug-likeness (QED) is 0.851. The van der Waals surface area contributed by atoms with E-state index in [0.717, 1.165) is 27.8 Å². The molecule has 0 aliphatic rings. The maximum atomic E-state index is 6.06. The molecule has 0 radical (unpaired) electrons. The van der Waals surface area contributed by atoms with Gasteiger partial charge in [-0.15, -0.1) is 0 Å². The van der Waals surface area contributed by atoms with Crippen LogP contribution >= 0.6 is 11.6 Å². The Hall–Kier alpha value is -1.74. The third-order valence-corrected chi connectivity index (χ3v) is 3.07. The van der Waals surface area contributed by atoms with E-state index in [9.17, 15) is 0 Å². The number of hydrogen-bond acceptors (Lipinski definition) is 3. The fourth-order valence-electron chi connectivity index (χ4n) is 1.52. The van der Waals surface area contributed by atoms with E-state index in [1.807, 2.05) is 44.2 Å². The van der Waals surface area contributed by atoms with E-state index in [4.69, 9.17) is 17.3 Å². The number of nitrogens with one attached hydrogen (secondary N) is 1. The highest BCUT2D eigenvalue weighted by Crippen LogP contribution is 2.25. The summed E-state index contributed by atoms with van der Waals surface area (Å²) in [5.74, 6) is 0.766. The Balaban J connectivity index is 2.31. The summed E-state index contributed by atoms with van der Waals surface area (Å²) < 4.78 is 0. The smallest absolute Gasteiger partial charge is 0.130 e. The third-order valence-electron chi connectivity index (χ3n) is 2.66. The molecule has 0 aliphatic heterocycles. The Kier molecular flexibility index (Phi) is 3.20. The maximum Gasteiger partial charge on any atom is 0.130 e. The van der Waals surface area contributed by atoms with Gasteiger partial charge in [0.25, 0.3) is 0 Å². The van der Waals surface area contributed by atoms with Crippen molar-refractivity contribution >= 4 is 28.8 Å². The highest BCUT2D eigenvalue weighted by molar-refractivity contribution is 6.31. The normalized spacial score (nSPS) is 10.3. The molecular weight excluding hydrogens is 234 g/mol. The molecule has 1 aromatic carbocycles. The molecule has 1 aromatic heterocycles. The number of nitrogen functional groups attached to an aromatic ring is 1. The highest BCUT2D eigenvalue weighted by Gasteiger charge is 2.04. The summed E-state index contributed by atoms with van der Waals surface area (Å²) in [5.41, 5.74) is 9.19. The summed E-state index contributed by atoms with van der Waals surface area (Å²) in [4.78, 5) is 4.36. The van der Waals surface area contributed by atoms with Gasteiger partial charge in [-0.3, -0.25) is 0 Å². The van der Waals surface area contributed by atoms with Crippen LogP contribution in [0.5, 0.6) is 0 Å². The summed E-state index contributed by atoms with van der Waals surface area (Å²) in [7, 11) is 0. The Labute approximate surface area is 106 Å². The number of pyridine rings is 1. The van der Waals surface area contributed by atoms with Gasteiger partial charge in [-0.25, -0.2) is 4.98 Å². The number of aryl methyl sites for hydroxylation is 1. The number of nitrogens with zero attached hydrogens (tertiary/aromatic N) is 1. The monoisotopic (exact) mass is 247 g/mol. The van der Waals surface area contributed by atoms with Gasteiger partial charge in [-0.2, -0.15) is 0 Å². The van der Waals surface area contributed by atoms with Crippen molar-refractivity contribution in [1.82, 2.24) is 4.98 Å². The average molecular weight is 248 g/mol. The van der Waals surface area contributed by atoms with Crippen LogP contribution in [0.3, 0.4) is 0 Å². The van der Waals surface area contributed by atoms with Gasteiger partial charge in [0.15, 0.2) is 0 Å². The Morgan fingerprint density at radius 2 is 1.94 bits per heavy atom. The fourth-order valence-corrected chi connectivity index (χ4v) is 1.70. The zero-order valence-electron chi connectivity index (χ0n) is 9.79.